The summed E-state index contributed by atoms with van der Waals surface area (Å²) in [4.78, 5) is 0. The lowest BCUT2D eigenvalue weighted by Gasteiger charge is -2.03. The van der Waals surface area contributed by atoms with Gasteiger partial charge in [0.05, 0.1) is 0 Å². The minimum atomic E-state index is 0. The summed E-state index contributed by atoms with van der Waals surface area (Å²) in [5, 5.41) is 9.59. The maximum Gasteiger partial charge on any atom is 0.118 e. The molecule has 2 rings (SSSR count). The quantitative estimate of drug-likeness (QED) is 0.841. The smallest absolute Gasteiger partial charge is 0.118 e. The molecular weight excluding hydrogens is 200 g/mol. The number of para-hydroxylation sites is 1. The van der Waals surface area contributed by atoms with Gasteiger partial charge >= 0.3 is 0 Å². The molecule has 0 aromatic heterocycles. The van der Waals surface area contributed by atoms with Crippen molar-refractivity contribution in [3.05, 3.63) is 65.7 Å². The molecule has 0 spiro atoms. The van der Waals surface area contributed by atoms with E-state index >= 15 is 0 Å². The fourth-order valence-corrected chi connectivity index (χ4v) is 1.65. The van der Waals surface area contributed by atoms with E-state index in [4.69, 9.17) is 0 Å². The maximum atomic E-state index is 9.59. The van der Waals surface area contributed by atoms with Crippen molar-refractivity contribution < 1.29 is 10.6 Å². The van der Waals surface area contributed by atoms with E-state index in [-0.39, 0.29) is 5.48 Å². The lowest BCUT2D eigenvalue weighted by atomic mass is 10.0. The van der Waals surface area contributed by atoms with Crippen molar-refractivity contribution in [3.63, 3.8) is 0 Å². The van der Waals surface area contributed by atoms with Crippen molar-refractivity contribution in [2.45, 2.75) is 12.8 Å². The number of hydrogen-bond donors (Lipinski definition) is 1. The van der Waals surface area contributed by atoms with Crippen LogP contribution in [0, 0.1) is 0 Å². The predicted molar refractivity (Wildman–Crippen MR) is 65.6 cm³/mol. The zero-order valence-electron chi connectivity index (χ0n) is 9.06. The molecule has 0 radical (unpaired) electrons. The van der Waals surface area contributed by atoms with E-state index in [2.05, 4.69) is 12.1 Å². The molecule has 0 saturated carbocycles. The van der Waals surface area contributed by atoms with Gasteiger partial charge in [-0.15, -0.1) is 0 Å². The van der Waals surface area contributed by atoms with E-state index in [0.717, 1.165) is 18.4 Å². The first-order chi connectivity index (χ1) is 7.36. The Morgan fingerprint density at radius 3 is 2.06 bits per heavy atom. The molecule has 0 aliphatic heterocycles. The topological polar surface area (TPSA) is 51.7 Å². The highest BCUT2D eigenvalue weighted by atomic mass is 16.3. The van der Waals surface area contributed by atoms with Crippen molar-refractivity contribution in [2.75, 3.05) is 0 Å². The minimum absolute atomic E-state index is 0. The molecule has 16 heavy (non-hydrogen) atoms. The van der Waals surface area contributed by atoms with Crippen molar-refractivity contribution in [2.24, 2.45) is 0 Å². The van der Waals surface area contributed by atoms with Crippen LogP contribution in [0.3, 0.4) is 0 Å². The van der Waals surface area contributed by atoms with Crippen LogP contribution in [0.4, 0.5) is 0 Å². The Morgan fingerprint density at radius 2 is 1.38 bits per heavy atom. The Bertz CT molecular complexity index is 424. The zero-order valence-corrected chi connectivity index (χ0v) is 9.06. The fraction of sp³-hybridized carbons (Fsp3) is 0.143. The Morgan fingerprint density at radius 1 is 0.750 bits per heavy atom. The average molecular weight is 216 g/mol. The van der Waals surface area contributed by atoms with E-state index in [1.165, 1.54) is 5.56 Å². The molecule has 0 amide bonds. The molecule has 2 aromatic carbocycles. The molecule has 2 heteroatoms. The van der Waals surface area contributed by atoms with Crippen LogP contribution < -0.4 is 0 Å². The summed E-state index contributed by atoms with van der Waals surface area (Å²) < 4.78 is 0. The summed E-state index contributed by atoms with van der Waals surface area (Å²) in [5.41, 5.74) is 2.32. The van der Waals surface area contributed by atoms with Gasteiger partial charge in [-0.3, -0.25) is 0 Å². The van der Waals surface area contributed by atoms with Gasteiger partial charge in [-0.05, 0) is 30.0 Å². The third kappa shape index (κ3) is 3.11. The van der Waals surface area contributed by atoms with Crippen LogP contribution in [0.1, 0.15) is 11.1 Å². The molecule has 3 N–H and O–H groups in total. The molecule has 0 fully saturated rings. The summed E-state index contributed by atoms with van der Waals surface area (Å²) in [7, 11) is 0. The molecule has 2 nitrogen and oxygen atoms in total. The van der Waals surface area contributed by atoms with E-state index in [9.17, 15) is 5.11 Å². The van der Waals surface area contributed by atoms with Crippen molar-refractivity contribution in [3.8, 4) is 5.75 Å². The summed E-state index contributed by atoms with van der Waals surface area (Å²) in [6.45, 7) is 0. The van der Waals surface area contributed by atoms with Gasteiger partial charge in [0.15, 0.2) is 0 Å². The Hall–Kier alpha value is -1.80. The molecule has 0 atom stereocenters. The zero-order chi connectivity index (χ0) is 10.5. The van der Waals surface area contributed by atoms with Gasteiger partial charge in [0, 0.05) is 0 Å². The second kappa shape index (κ2) is 5.93. The number of hydrogen-bond acceptors (Lipinski definition) is 1. The van der Waals surface area contributed by atoms with Crippen molar-refractivity contribution >= 4 is 0 Å². The molecule has 0 aliphatic carbocycles. The summed E-state index contributed by atoms with van der Waals surface area (Å²) in [6, 6.07) is 17.8. The first-order valence-electron chi connectivity index (χ1n) is 5.17. The normalized spacial score (nSPS) is 9.50. The molecule has 2 aromatic rings. The van der Waals surface area contributed by atoms with E-state index in [1.54, 1.807) is 6.07 Å². The molecule has 0 heterocycles. The molecular formula is C14H16O2. The second-order valence-electron chi connectivity index (χ2n) is 3.61. The highest BCUT2D eigenvalue weighted by Crippen LogP contribution is 2.17. The average Bonchev–Trinajstić information content (AvgIpc) is 2.29. The van der Waals surface area contributed by atoms with Gasteiger partial charge in [0.2, 0.25) is 0 Å². The molecule has 84 valence electrons. The monoisotopic (exact) mass is 216 g/mol. The summed E-state index contributed by atoms with van der Waals surface area (Å²) >= 11 is 0. The van der Waals surface area contributed by atoms with Gasteiger partial charge in [0.1, 0.15) is 5.75 Å². The van der Waals surface area contributed by atoms with E-state index in [1.807, 2.05) is 36.4 Å². The van der Waals surface area contributed by atoms with E-state index in [0.29, 0.717) is 5.75 Å². The highest BCUT2D eigenvalue weighted by molar-refractivity contribution is 5.32. The van der Waals surface area contributed by atoms with Gasteiger partial charge in [-0.1, -0.05) is 48.5 Å². The van der Waals surface area contributed by atoms with E-state index < -0.39 is 0 Å². The van der Waals surface area contributed by atoms with Gasteiger partial charge < -0.3 is 10.6 Å². The van der Waals surface area contributed by atoms with Gasteiger partial charge in [-0.2, -0.15) is 0 Å². The third-order valence-electron chi connectivity index (χ3n) is 2.52. The second-order valence-corrected chi connectivity index (χ2v) is 3.61. The van der Waals surface area contributed by atoms with Crippen molar-refractivity contribution in [1.29, 1.82) is 0 Å². The van der Waals surface area contributed by atoms with Gasteiger partial charge in [-0.25, -0.2) is 0 Å². The van der Waals surface area contributed by atoms with Crippen LogP contribution in [0.15, 0.2) is 54.6 Å². The largest absolute Gasteiger partial charge is 0.508 e. The summed E-state index contributed by atoms with van der Waals surface area (Å²) in [6.07, 6.45) is 1.86. The highest BCUT2D eigenvalue weighted by Gasteiger charge is 1.99. The van der Waals surface area contributed by atoms with Crippen LogP contribution in [-0.4, -0.2) is 10.6 Å². The van der Waals surface area contributed by atoms with Crippen molar-refractivity contribution in [1.82, 2.24) is 0 Å². The van der Waals surface area contributed by atoms with Crippen LogP contribution in [-0.2, 0) is 12.8 Å². The fourth-order valence-electron chi connectivity index (χ4n) is 1.65. The van der Waals surface area contributed by atoms with Crippen LogP contribution in [0.5, 0.6) is 5.75 Å². The first kappa shape index (κ1) is 12.3. The lowest BCUT2D eigenvalue weighted by Crippen LogP contribution is -1.91. The third-order valence-corrected chi connectivity index (χ3v) is 2.52. The van der Waals surface area contributed by atoms with Crippen LogP contribution in [0.25, 0.3) is 0 Å². The Balaban J connectivity index is 0.00000128. The summed E-state index contributed by atoms with van der Waals surface area (Å²) in [5.74, 6) is 0.397. The number of aryl methyl sites for hydroxylation is 2. The lowest BCUT2D eigenvalue weighted by molar-refractivity contribution is 0.468. The Kier molecular flexibility index (Phi) is 4.55. The molecule has 0 aliphatic rings. The maximum absolute atomic E-state index is 9.59. The number of phenolic OH excluding ortho intramolecular Hbond substituents is 1. The number of benzene rings is 2. The number of aromatic hydroxyl groups is 1. The molecule has 0 bridgehead atoms. The number of rotatable bonds is 3. The standard InChI is InChI=1S/C14H14O.H2O/c15-14-9-5-4-8-13(14)11-10-12-6-2-1-3-7-12;/h1-9,15H,10-11H2;1H2. The Labute approximate surface area is 95.5 Å². The predicted octanol–water partition coefficient (Wildman–Crippen LogP) is 2.35. The van der Waals surface area contributed by atoms with Crippen LogP contribution >= 0.6 is 0 Å². The first-order valence-corrected chi connectivity index (χ1v) is 5.17. The SMILES string of the molecule is O.Oc1ccccc1CCc1ccccc1. The number of phenols is 1. The molecule has 0 unspecified atom stereocenters. The van der Waals surface area contributed by atoms with Crippen LogP contribution in [0.2, 0.25) is 0 Å². The molecule has 0 saturated heterocycles. The van der Waals surface area contributed by atoms with Gasteiger partial charge in [0.25, 0.3) is 0 Å². The minimum Gasteiger partial charge on any atom is -0.508 e.